The lowest BCUT2D eigenvalue weighted by Crippen LogP contribution is -2.44. The van der Waals surface area contributed by atoms with Gasteiger partial charge >= 0.3 is 0 Å². The molecule has 1 unspecified atom stereocenters. The van der Waals surface area contributed by atoms with E-state index in [1.165, 1.54) is 38.1 Å². The molecule has 1 N–H and O–H groups in total. The number of likely N-dealkylation sites (N-methyl/N-ethyl adjacent to an activating group) is 1. The first-order valence-electron chi connectivity index (χ1n) is 5.23. The van der Waals surface area contributed by atoms with Crippen LogP contribution in [0, 0.1) is 5.82 Å². The fourth-order valence-electron chi connectivity index (χ4n) is 1.40. The Labute approximate surface area is 106 Å². The van der Waals surface area contributed by atoms with Gasteiger partial charge in [0.1, 0.15) is 10.7 Å². The Hall–Kier alpha value is -1.47. The van der Waals surface area contributed by atoms with E-state index in [4.69, 9.17) is 0 Å². The number of amides is 1. The molecule has 1 atom stereocenters. The molecule has 100 valence electrons. The molecule has 5 nitrogen and oxygen atoms in total. The fraction of sp³-hybridized carbons (Fsp3) is 0.364. The van der Waals surface area contributed by atoms with Crippen molar-refractivity contribution in [2.24, 2.45) is 0 Å². The van der Waals surface area contributed by atoms with E-state index >= 15 is 0 Å². The van der Waals surface area contributed by atoms with Crippen LogP contribution in [-0.2, 0) is 14.8 Å². The third-order valence-electron chi connectivity index (χ3n) is 2.27. The Morgan fingerprint density at radius 2 is 1.89 bits per heavy atom. The lowest BCUT2D eigenvalue weighted by atomic mass is 10.3. The average molecular weight is 274 g/mol. The van der Waals surface area contributed by atoms with Crippen molar-refractivity contribution in [2.75, 3.05) is 14.1 Å². The standard InChI is InChI=1S/C11H15FN2O3S/c1-8(11(15)14(2)3)13-18(16,17)10-7-5-4-6-9(10)12/h4-8,13H,1-3H3. The topological polar surface area (TPSA) is 66.5 Å². The maximum Gasteiger partial charge on any atom is 0.244 e. The predicted molar refractivity (Wildman–Crippen MR) is 64.9 cm³/mol. The van der Waals surface area contributed by atoms with Gasteiger partial charge in [0.05, 0.1) is 6.04 Å². The number of benzene rings is 1. The van der Waals surface area contributed by atoms with Gasteiger partial charge in [0.2, 0.25) is 15.9 Å². The Morgan fingerprint density at radius 3 is 2.39 bits per heavy atom. The van der Waals surface area contributed by atoms with Crippen molar-refractivity contribution in [3.05, 3.63) is 30.1 Å². The van der Waals surface area contributed by atoms with Crippen LogP contribution in [-0.4, -0.2) is 39.4 Å². The molecule has 1 amide bonds. The SMILES string of the molecule is CC(NS(=O)(=O)c1ccccc1F)C(=O)N(C)C. The third kappa shape index (κ3) is 3.27. The van der Waals surface area contributed by atoms with E-state index in [-0.39, 0.29) is 0 Å². The number of nitrogens with one attached hydrogen (secondary N) is 1. The highest BCUT2D eigenvalue weighted by Gasteiger charge is 2.25. The number of rotatable bonds is 4. The van der Waals surface area contributed by atoms with Crippen LogP contribution >= 0.6 is 0 Å². The minimum absolute atomic E-state index is 0.407. The molecule has 1 aromatic rings. The zero-order chi connectivity index (χ0) is 13.9. The second-order valence-electron chi connectivity index (χ2n) is 4.01. The quantitative estimate of drug-likeness (QED) is 0.873. The van der Waals surface area contributed by atoms with Crippen LogP contribution in [0.1, 0.15) is 6.92 Å². The molecule has 0 aliphatic carbocycles. The molecular formula is C11H15FN2O3S. The third-order valence-corrected chi connectivity index (χ3v) is 3.84. The van der Waals surface area contributed by atoms with E-state index < -0.39 is 32.7 Å². The molecule has 0 saturated heterocycles. The van der Waals surface area contributed by atoms with E-state index in [0.717, 1.165) is 12.1 Å². The van der Waals surface area contributed by atoms with Gasteiger partial charge in [-0.2, -0.15) is 4.72 Å². The van der Waals surface area contributed by atoms with Gasteiger partial charge in [0.25, 0.3) is 0 Å². The summed E-state index contributed by atoms with van der Waals surface area (Å²) < 4.78 is 39.3. The number of carbonyl (C=O) groups is 1. The maximum atomic E-state index is 13.4. The lowest BCUT2D eigenvalue weighted by Gasteiger charge is -2.18. The van der Waals surface area contributed by atoms with E-state index in [9.17, 15) is 17.6 Å². The lowest BCUT2D eigenvalue weighted by molar-refractivity contribution is -0.130. The fourth-order valence-corrected chi connectivity index (χ4v) is 2.67. The van der Waals surface area contributed by atoms with Gasteiger partial charge in [0, 0.05) is 14.1 Å². The molecule has 0 aliphatic rings. The first-order valence-corrected chi connectivity index (χ1v) is 6.72. The van der Waals surface area contributed by atoms with Crippen molar-refractivity contribution < 1.29 is 17.6 Å². The molecule has 1 rings (SSSR count). The zero-order valence-electron chi connectivity index (χ0n) is 10.3. The first-order chi connectivity index (χ1) is 8.25. The smallest absolute Gasteiger partial charge is 0.244 e. The Bertz CT molecular complexity index is 543. The van der Waals surface area contributed by atoms with Gasteiger partial charge in [-0.25, -0.2) is 12.8 Å². The summed E-state index contributed by atoms with van der Waals surface area (Å²) in [7, 11) is -1.02. The van der Waals surface area contributed by atoms with Crippen molar-refractivity contribution in [1.82, 2.24) is 9.62 Å². The molecule has 7 heteroatoms. The van der Waals surface area contributed by atoms with Crippen LogP contribution < -0.4 is 4.72 Å². The highest BCUT2D eigenvalue weighted by Crippen LogP contribution is 2.13. The second-order valence-corrected chi connectivity index (χ2v) is 5.69. The molecule has 0 saturated carbocycles. The second kappa shape index (κ2) is 5.45. The van der Waals surface area contributed by atoms with Crippen molar-refractivity contribution in [3.63, 3.8) is 0 Å². The van der Waals surface area contributed by atoms with Crippen LogP contribution in [0.2, 0.25) is 0 Å². The number of halogens is 1. The summed E-state index contributed by atoms with van der Waals surface area (Å²) in [4.78, 5) is 12.3. The summed E-state index contributed by atoms with van der Waals surface area (Å²) in [6.45, 7) is 1.40. The molecule has 0 spiro atoms. The van der Waals surface area contributed by atoms with E-state index in [2.05, 4.69) is 4.72 Å². The minimum atomic E-state index is -4.04. The molecule has 1 aromatic carbocycles. The van der Waals surface area contributed by atoms with Gasteiger partial charge in [0.15, 0.2) is 0 Å². The van der Waals surface area contributed by atoms with Crippen LogP contribution in [0.3, 0.4) is 0 Å². The Balaban J connectivity index is 2.97. The Kier molecular flexibility index (Phi) is 4.42. The molecule has 0 fully saturated rings. The number of sulfonamides is 1. The van der Waals surface area contributed by atoms with Crippen molar-refractivity contribution in [1.29, 1.82) is 0 Å². The zero-order valence-corrected chi connectivity index (χ0v) is 11.2. The summed E-state index contributed by atoms with van der Waals surface area (Å²) in [6.07, 6.45) is 0. The average Bonchev–Trinajstić information content (AvgIpc) is 2.27. The highest BCUT2D eigenvalue weighted by molar-refractivity contribution is 7.89. The Morgan fingerprint density at radius 1 is 1.33 bits per heavy atom. The monoisotopic (exact) mass is 274 g/mol. The summed E-state index contributed by atoms with van der Waals surface area (Å²) in [5.41, 5.74) is 0. The van der Waals surface area contributed by atoms with Crippen LogP contribution in [0.5, 0.6) is 0 Å². The molecule has 0 radical (unpaired) electrons. The minimum Gasteiger partial charge on any atom is -0.347 e. The van der Waals surface area contributed by atoms with Crippen molar-refractivity contribution in [2.45, 2.75) is 17.9 Å². The van der Waals surface area contributed by atoms with Gasteiger partial charge in [-0.1, -0.05) is 12.1 Å². The van der Waals surface area contributed by atoms with Gasteiger partial charge in [-0.05, 0) is 19.1 Å². The molecular weight excluding hydrogens is 259 g/mol. The molecule has 18 heavy (non-hydrogen) atoms. The predicted octanol–water partition coefficient (Wildman–Crippen LogP) is 0.581. The summed E-state index contributed by atoms with van der Waals surface area (Å²) >= 11 is 0. The van der Waals surface area contributed by atoms with E-state index in [1.807, 2.05) is 0 Å². The molecule has 0 aromatic heterocycles. The van der Waals surface area contributed by atoms with Crippen LogP contribution in [0.4, 0.5) is 4.39 Å². The van der Waals surface area contributed by atoms with E-state index in [1.54, 1.807) is 0 Å². The highest BCUT2D eigenvalue weighted by atomic mass is 32.2. The normalized spacial score (nSPS) is 13.1. The summed E-state index contributed by atoms with van der Waals surface area (Å²) in [5.74, 6) is -1.26. The van der Waals surface area contributed by atoms with Crippen LogP contribution in [0.25, 0.3) is 0 Å². The van der Waals surface area contributed by atoms with E-state index in [0.29, 0.717) is 0 Å². The van der Waals surface area contributed by atoms with Crippen LogP contribution in [0.15, 0.2) is 29.2 Å². The number of hydrogen-bond acceptors (Lipinski definition) is 3. The van der Waals surface area contributed by atoms with Gasteiger partial charge in [-0.15, -0.1) is 0 Å². The molecule has 0 aliphatic heterocycles. The molecule has 0 bridgehead atoms. The number of hydrogen-bond donors (Lipinski definition) is 1. The number of carbonyl (C=O) groups excluding carboxylic acids is 1. The summed E-state index contributed by atoms with van der Waals surface area (Å²) in [5, 5.41) is 0. The van der Waals surface area contributed by atoms with Gasteiger partial charge in [-0.3, -0.25) is 4.79 Å². The van der Waals surface area contributed by atoms with Gasteiger partial charge < -0.3 is 4.90 Å². The largest absolute Gasteiger partial charge is 0.347 e. The number of nitrogens with zero attached hydrogens (tertiary/aromatic N) is 1. The molecule has 0 heterocycles. The first kappa shape index (κ1) is 14.6. The van der Waals surface area contributed by atoms with Crippen molar-refractivity contribution in [3.8, 4) is 0 Å². The summed E-state index contributed by atoms with van der Waals surface area (Å²) in [6, 6.07) is 4.04. The maximum absolute atomic E-state index is 13.4. The van der Waals surface area contributed by atoms with Crippen molar-refractivity contribution >= 4 is 15.9 Å².